The highest BCUT2D eigenvalue weighted by Gasteiger charge is 2.22. The summed E-state index contributed by atoms with van der Waals surface area (Å²) < 4.78 is 12.9. The molecule has 31 heavy (non-hydrogen) atoms. The molecule has 0 aliphatic rings. The number of hydrogen-bond acceptors (Lipinski definition) is 6. The molecule has 0 fully saturated rings. The Morgan fingerprint density at radius 2 is 1.81 bits per heavy atom. The molecule has 2 aromatic carbocycles. The molecule has 0 aliphatic heterocycles. The fourth-order valence-electron chi connectivity index (χ4n) is 3.27. The maximum atomic E-state index is 12.8. The lowest BCUT2D eigenvalue weighted by Crippen LogP contribution is -2.16. The Hall–Kier alpha value is -3.94. The van der Waals surface area contributed by atoms with Crippen LogP contribution in [0, 0.1) is 20.8 Å². The Balaban J connectivity index is 1.45. The molecule has 2 heterocycles. The predicted molar refractivity (Wildman–Crippen MR) is 115 cm³/mol. The van der Waals surface area contributed by atoms with Gasteiger partial charge in [-0.25, -0.2) is 9.67 Å². The molecule has 158 valence electrons. The molecular formula is C23H23N5O3. The molecule has 8 nitrogen and oxygen atoms in total. The van der Waals surface area contributed by atoms with E-state index in [2.05, 4.69) is 20.6 Å². The second kappa shape index (κ2) is 8.83. The Bertz CT molecular complexity index is 1180. The number of carbonyl (C=O) groups excluding carboxylic acids is 1. The molecule has 0 saturated carbocycles. The molecule has 0 radical (unpaired) electrons. The van der Waals surface area contributed by atoms with Crippen molar-refractivity contribution in [2.45, 2.75) is 33.9 Å². The van der Waals surface area contributed by atoms with Gasteiger partial charge in [0.25, 0.3) is 5.91 Å². The number of aryl methyl sites for hydroxylation is 3. The van der Waals surface area contributed by atoms with Crippen LogP contribution in [0.4, 0.5) is 5.95 Å². The van der Waals surface area contributed by atoms with Crippen molar-refractivity contribution in [2.75, 3.05) is 5.32 Å². The quantitative estimate of drug-likeness (QED) is 0.487. The molecule has 0 saturated heterocycles. The minimum Gasteiger partial charge on any atom is -0.488 e. The van der Waals surface area contributed by atoms with E-state index in [9.17, 15) is 4.79 Å². The van der Waals surface area contributed by atoms with Gasteiger partial charge in [0.1, 0.15) is 24.4 Å². The average molecular weight is 417 g/mol. The standard InChI is InChI=1S/C23H23N5O3/c1-15-8-7-9-16(2)21(15)30-13-19-17(3)31-27-20(19)22(29)25-23-24-14-28(26-23)12-18-10-5-4-6-11-18/h4-11,14H,12-13H2,1-3H3,(H,25,26,29). The molecular weight excluding hydrogens is 394 g/mol. The monoisotopic (exact) mass is 417 g/mol. The van der Waals surface area contributed by atoms with Crippen molar-refractivity contribution < 1.29 is 14.1 Å². The average Bonchev–Trinajstić information content (AvgIpc) is 3.34. The number of nitrogens with zero attached hydrogens (tertiary/aromatic N) is 4. The van der Waals surface area contributed by atoms with Crippen molar-refractivity contribution in [3.63, 3.8) is 0 Å². The summed E-state index contributed by atoms with van der Waals surface area (Å²) in [6.07, 6.45) is 1.57. The van der Waals surface area contributed by atoms with Crippen molar-refractivity contribution >= 4 is 11.9 Å². The molecule has 1 N–H and O–H groups in total. The fraction of sp³-hybridized carbons (Fsp3) is 0.217. The number of para-hydroxylation sites is 1. The Morgan fingerprint density at radius 1 is 1.06 bits per heavy atom. The molecule has 4 aromatic rings. The number of rotatable bonds is 7. The summed E-state index contributed by atoms with van der Waals surface area (Å²) in [6.45, 7) is 6.43. The van der Waals surface area contributed by atoms with Gasteiger partial charge in [0, 0.05) is 0 Å². The molecule has 0 atom stereocenters. The molecule has 0 unspecified atom stereocenters. The zero-order valence-electron chi connectivity index (χ0n) is 17.6. The Morgan fingerprint density at radius 3 is 2.55 bits per heavy atom. The molecule has 0 bridgehead atoms. The second-order valence-corrected chi connectivity index (χ2v) is 7.28. The maximum absolute atomic E-state index is 12.8. The predicted octanol–water partition coefficient (Wildman–Crippen LogP) is 4.07. The number of aromatic nitrogens is 4. The van der Waals surface area contributed by atoms with Crippen LogP contribution in [0.2, 0.25) is 0 Å². The zero-order chi connectivity index (χ0) is 21.8. The van der Waals surface area contributed by atoms with Crippen molar-refractivity contribution in [2.24, 2.45) is 0 Å². The summed E-state index contributed by atoms with van der Waals surface area (Å²) in [5.74, 6) is 1.06. The Labute approximate surface area is 179 Å². The van der Waals surface area contributed by atoms with E-state index in [-0.39, 0.29) is 18.2 Å². The van der Waals surface area contributed by atoms with Gasteiger partial charge in [0.05, 0.1) is 12.1 Å². The second-order valence-electron chi connectivity index (χ2n) is 7.28. The van der Waals surface area contributed by atoms with Crippen LogP contribution in [-0.4, -0.2) is 25.8 Å². The minimum atomic E-state index is -0.450. The van der Waals surface area contributed by atoms with Crippen LogP contribution in [0.5, 0.6) is 5.75 Å². The normalized spacial score (nSPS) is 10.8. The van der Waals surface area contributed by atoms with E-state index >= 15 is 0 Å². The lowest BCUT2D eigenvalue weighted by Gasteiger charge is -2.11. The van der Waals surface area contributed by atoms with Crippen molar-refractivity contribution in [1.82, 2.24) is 19.9 Å². The van der Waals surface area contributed by atoms with Crippen LogP contribution in [0.3, 0.4) is 0 Å². The third-order valence-corrected chi connectivity index (χ3v) is 4.92. The van der Waals surface area contributed by atoms with Crippen LogP contribution >= 0.6 is 0 Å². The van der Waals surface area contributed by atoms with E-state index in [1.54, 1.807) is 17.9 Å². The summed E-state index contributed by atoms with van der Waals surface area (Å²) in [6, 6.07) is 15.8. The summed E-state index contributed by atoms with van der Waals surface area (Å²) in [5.41, 5.74) is 3.87. The highest BCUT2D eigenvalue weighted by molar-refractivity contribution is 6.02. The molecule has 1 amide bonds. The number of carbonyl (C=O) groups is 1. The molecule has 2 aromatic heterocycles. The number of anilines is 1. The smallest absolute Gasteiger partial charge is 0.280 e. The van der Waals surface area contributed by atoms with Gasteiger partial charge >= 0.3 is 0 Å². The van der Waals surface area contributed by atoms with E-state index in [1.165, 1.54) is 0 Å². The van der Waals surface area contributed by atoms with Crippen LogP contribution in [0.25, 0.3) is 0 Å². The first-order chi connectivity index (χ1) is 15.0. The van der Waals surface area contributed by atoms with Crippen LogP contribution < -0.4 is 10.1 Å². The van der Waals surface area contributed by atoms with E-state index in [4.69, 9.17) is 9.26 Å². The van der Waals surface area contributed by atoms with Gasteiger partial charge < -0.3 is 9.26 Å². The number of benzene rings is 2. The number of ether oxygens (including phenoxy) is 1. The van der Waals surface area contributed by atoms with Crippen LogP contribution in [-0.2, 0) is 13.2 Å². The van der Waals surface area contributed by atoms with Gasteiger partial charge in [-0.2, -0.15) is 0 Å². The summed E-state index contributed by atoms with van der Waals surface area (Å²) in [5, 5.41) is 10.9. The minimum absolute atomic E-state index is 0.156. The first kappa shape index (κ1) is 20.3. The first-order valence-corrected chi connectivity index (χ1v) is 9.90. The molecule has 4 rings (SSSR count). The lowest BCUT2D eigenvalue weighted by atomic mass is 10.1. The summed E-state index contributed by atoms with van der Waals surface area (Å²) in [7, 11) is 0. The first-order valence-electron chi connectivity index (χ1n) is 9.90. The SMILES string of the molecule is Cc1cccc(C)c1OCc1c(C(=O)Nc2ncn(Cc3ccccc3)n2)noc1C. The van der Waals surface area contributed by atoms with Crippen molar-refractivity contribution in [3.8, 4) is 5.75 Å². The van der Waals surface area contributed by atoms with Crippen molar-refractivity contribution in [1.29, 1.82) is 0 Å². The zero-order valence-corrected chi connectivity index (χ0v) is 17.6. The van der Waals surface area contributed by atoms with Gasteiger partial charge in [-0.3, -0.25) is 10.1 Å². The largest absolute Gasteiger partial charge is 0.488 e. The van der Waals surface area contributed by atoms with Gasteiger partial charge in [-0.1, -0.05) is 53.7 Å². The number of nitrogens with one attached hydrogen (secondary N) is 1. The topological polar surface area (TPSA) is 95.1 Å². The summed E-state index contributed by atoms with van der Waals surface area (Å²) >= 11 is 0. The van der Waals surface area contributed by atoms with Gasteiger partial charge in [-0.15, -0.1) is 5.10 Å². The number of hydrogen-bond donors (Lipinski definition) is 1. The maximum Gasteiger partial charge on any atom is 0.280 e. The summed E-state index contributed by atoms with van der Waals surface area (Å²) in [4.78, 5) is 16.9. The fourth-order valence-corrected chi connectivity index (χ4v) is 3.27. The highest BCUT2D eigenvalue weighted by atomic mass is 16.5. The third kappa shape index (κ3) is 4.63. The highest BCUT2D eigenvalue weighted by Crippen LogP contribution is 2.25. The van der Waals surface area contributed by atoms with Crippen LogP contribution in [0.1, 0.15) is 38.5 Å². The third-order valence-electron chi connectivity index (χ3n) is 4.92. The lowest BCUT2D eigenvalue weighted by molar-refractivity contribution is 0.101. The van der Waals surface area contributed by atoms with E-state index in [1.807, 2.05) is 62.4 Å². The molecule has 8 heteroatoms. The van der Waals surface area contributed by atoms with Crippen LogP contribution in [0.15, 0.2) is 59.4 Å². The van der Waals surface area contributed by atoms with E-state index in [0.29, 0.717) is 17.9 Å². The van der Waals surface area contributed by atoms with Crippen molar-refractivity contribution in [3.05, 3.63) is 88.6 Å². The van der Waals surface area contributed by atoms with E-state index < -0.39 is 5.91 Å². The van der Waals surface area contributed by atoms with Gasteiger partial charge in [0.15, 0.2) is 5.69 Å². The number of amides is 1. The van der Waals surface area contributed by atoms with Gasteiger partial charge in [0.2, 0.25) is 5.95 Å². The molecule has 0 aliphatic carbocycles. The van der Waals surface area contributed by atoms with E-state index in [0.717, 1.165) is 22.4 Å². The van der Waals surface area contributed by atoms with Gasteiger partial charge in [-0.05, 0) is 37.5 Å². The molecule has 0 spiro atoms. The Kier molecular flexibility index (Phi) is 5.79.